The molecular formula is C50H97NO13. The van der Waals surface area contributed by atoms with Crippen molar-refractivity contribution in [1.82, 2.24) is 5.32 Å². The summed E-state index contributed by atoms with van der Waals surface area (Å²) in [4.78, 5) is 12.0. The molecule has 12 atom stereocenters. The Morgan fingerprint density at radius 1 is 0.500 bits per heavy atom. The summed E-state index contributed by atoms with van der Waals surface area (Å²) in [6, 6.07) is -0.824. The SMILES string of the molecule is CCCCCCCCCCCCCCCCCCCCCCCCCCCCCCCCCC(O)C(COC1OC(CO)C(OC2OC(CO)C(O)C(O)C2O)C(O)C1O)NC(C)=O. The fourth-order valence-corrected chi connectivity index (χ4v) is 9.16. The Kier molecular flexibility index (Phi) is 35.0. The third-order valence-corrected chi connectivity index (χ3v) is 13.4. The molecular weight excluding hydrogens is 823 g/mol. The first-order valence-corrected chi connectivity index (χ1v) is 26.2. The van der Waals surface area contributed by atoms with Crippen LogP contribution in [0.5, 0.6) is 0 Å². The Hall–Kier alpha value is -1.01. The molecule has 0 bridgehead atoms. The molecule has 2 aliphatic rings. The number of ether oxygens (including phenoxy) is 4. The van der Waals surface area contributed by atoms with E-state index in [1.165, 1.54) is 180 Å². The van der Waals surface area contributed by atoms with E-state index in [1.54, 1.807) is 0 Å². The summed E-state index contributed by atoms with van der Waals surface area (Å²) in [5, 5.41) is 85.3. The minimum Gasteiger partial charge on any atom is -0.394 e. The summed E-state index contributed by atoms with van der Waals surface area (Å²) >= 11 is 0. The normalized spacial score (nSPS) is 27.2. The Labute approximate surface area is 387 Å². The van der Waals surface area contributed by atoms with Crippen LogP contribution in [0.2, 0.25) is 0 Å². The van der Waals surface area contributed by atoms with Crippen LogP contribution in [0.1, 0.15) is 219 Å². The molecule has 9 N–H and O–H groups in total. The average Bonchev–Trinajstić information content (AvgIpc) is 3.28. The zero-order chi connectivity index (χ0) is 46.8. The van der Waals surface area contributed by atoms with Gasteiger partial charge in [-0.3, -0.25) is 4.79 Å². The van der Waals surface area contributed by atoms with E-state index in [-0.39, 0.29) is 12.5 Å². The van der Waals surface area contributed by atoms with Crippen LogP contribution in [-0.4, -0.2) is 140 Å². The maximum absolute atomic E-state index is 12.0. The molecule has 0 aromatic rings. The van der Waals surface area contributed by atoms with Crippen molar-refractivity contribution in [2.45, 2.75) is 293 Å². The smallest absolute Gasteiger partial charge is 0.217 e. The van der Waals surface area contributed by atoms with E-state index in [2.05, 4.69) is 12.2 Å². The van der Waals surface area contributed by atoms with Crippen LogP contribution in [0.3, 0.4) is 0 Å². The first-order valence-electron chi connectivity index (χ1n) is 26.2. The van der Waals surface area contributed by atoms with Crippen molar-refractivity contribution in [3.63, 3.8) is 0 Å². The number of amides is 1. The van der Waals surface area contributed by atoms with Gasteiger partial charge >= 0.3 is 0 Å². The van der Waals surface area contributed by atoms with Crippen LogP contribution in [0, 0.1) is 0 Å². The first kappa shape index (κ1) is 59.1. The van der Waals surface area contributed by atoms with Gasteiger partial charge in [-0.05, 0) is 6.42 Å². The predicted octanol–water partition coefficient (Wildman–Crippen LogP) is 7.00. The van der Waals surface area contributed by atoms with Gasteiger partial charge in [0.05, 0.1) is 32.0 Å². The lowest BCUT2D eigenvalue weighted by atomic mass is 9.97. The van der Waals surface area contributed by atoms with E-state index in [9.17, 15) is 45.6 Å². The van der Waals surface area contributed by atoms with Crippen LogP contribution in [0.25, 0.3) is 0 Å². The lowest BCUT2D eigenvalue weighted by molar-refractivity contribution is -0.359. The zero-order valence-corrected chi connectivity index (χ0v) is 40.3. The average molecular weight is 920 g/mol. The van der Waals surface area contributed by atoms with E-state index in [4.69, 9.17) is 18.9 Å². The number of aliphatic hydroxyl groups is 8. The van der Waals surface area contributed by atoms with Crippen molar-refractivity contribution in [2.75, 3.05) is 19.8 Å². The molecule has 0 spiro atoms. The highest BCUT2D eigenvalue weighted by atomic mass is 16.7. The molecule has 1 amide bonds. The fourth-order valence-electron chi connectivity index (χ4n) is 9.16. The summed E-state index contributed by atoms with van der Waals surface area (Å²) in [5.74, 6) is -0.380. The maximum atomic E-state index is 12.0. The highest BCUT2D eigenvalue weighted by Gasteiger charge is 2.51. The zero-order valence-electron chi connectivity index (χ0n) is 40.3. The monoisotopic (exact) mass is 920 g/mol. The number of nitrogens with one attached hydrogen (secondary N) is 1. The van der Waals surface area contributed by atoms with Gasteiger partial charge in [0.25, 0.3) is 0 Å². The van der Waals surface area contributed by atoms with Crippen molar-refractivity contribution >= 4 is 5.91 Å². The van der Waals surface area contributed by atoms with E-state index >= 15 is 0 Å². The Morgan fingerprint density at radius 3 is 1.23 bits per heavy atom. The number of aliphatic hydroxyl groups excluding tert-OH is 8. The van der Waals surface area contributed by atoms with Gasteiger partial charge < -0.3 is 65.1 Å². The van der Waals surface area contributed by atoms with Gasteiger partial charge in [0, 0.05) is 6.92 Å². The van der Waals surface area contributed by atoms with E-state index in [0.29, 0.717) is 6.42 Å². The van der Waals surface area contributed by atoms with Crippen LogP contribution >= 0.6 is 0 Å². The minimum absolute atomic E-state index is 0.259. The van der Waals surface area contributed by atoms with Crippen molar-refractivity contribution in [2.24, 2.45) is 0 Å². The number of unbranched alkanes of at least 4 members (excludes halogenated alkanes) is 30. The number of rotatable bonds is 41. The summed E-state index contributed by atoms with van der Waals surface area (Å²) < 4.78 is 22.3. The van der Waals surface area contributed by atoms with Crippen LogP contribution in [-0.2, 0) is 23.7 Å². The Balaban J connectivity index is 1.44. The predicted molar refractivity (Wildman–Crippen MR) is 249 cm³/mol. The number of carbonyl (C=O) groups is 1. The molecule has 0 radical (unpaired) electrons. The summed E-state index contributed by atoms with van der Waals surface area (Å²) in [7, 11) is 0. The molecule has 0 aromatic carbocycles. The highest BCUT2D eigenvalue weighted by molar-refractivity contribution is 5.73. The molecule has 0 aliphatic carbocycles. The molecule has 14 heteroatoms. The molecule has 380 valence electrons. The highest BCUT2D eigenvalue weighted by Crippen LogP contribution is 2.30. The van der Waals surface area contributed by atoms with Crippen LogP contribution in [0.15, 0.2) is 0 Å². The summed E-state index contributed by atoms with van der Waals surface area (Å²) in [5.41, 5.74) is 0. The molecule has 2 rings (SSSR count). The molecule has 2 aliphatic heterocycles. The minimum atomic E-state index is -1.77. The van der Waals surface area contributed by atoms with Crippen molar-refractivity contribution in [3.05, 3.63) is 0 Å². The van der Waals surface area contributed by atoms with Gasteiger partial charge in [0.2, 0.25) is 5.91 Å². The lowest BCUT2D eigenvalue weighted by Gasteiger charge is -2.46. The summed E-state index contributed by atoms with van der Waals surface area (Å²) in [6.45, 7) is 1.95. The van der Waals surface area contributed by atoms with Crippen molar-refractivity contribution in [1.29, 1.82) is 0 Å². The molecule has 14 nitrogen and oxygen atoms in total. The van der Waals surface area contributed by atoms with Crippen molar-refractivity contribution in [3.8, 4) is 0 Å². The molecule has 12 unspecified atom stereocenters. The first-order chi connectivity index (χ1) is 31.0. The number of hydrogen-bond acceptors (Lipinski definition) is 13. The number of hydrogen-bond donors (Lipinski definition) is 9. The van der Waals surface area contributed by atoms with E-state index in [0.717, 1.165) is 25.7 Å². The van der Waals surface area contributed by atoms with Gasteiger partial charge in [-0.25, -0.2) is 0 Å². The Bertz CT molecular complexity index is 1090. The Morgan fingerprint density at radius 2 is 0.859 bits per heavy atom. The molecule has 0 aromatic heterocycles. The second-order valence-electron chi connectivity index (χ2n) is 19.1. The summed E-state index contributed by atoms with van der Waals surface area (Å²) in [6.07, 6.45) is 25.4. The topological polar surface area (TPSA) is 228 Å². The van der Waals surface area contributed by atoms with E-state index in [1.807, 2.05) is 0 Å². The third-order valence-electron chi connectivity index (χ3n) is 13.4. The molecule has 2 fully saturated rings. The lowest BCUT2D eigenvalue weighted by Crippen LogP contribution is -2.65. The van der Waals surface area contributed by atoms with Crippen LogP contribution < -0.4 is 5.32 Å². The van der Waals surface area contributed by atoms with Gasteiger partial charge in [-0.1, -0.05) is 206 Å². The van der Waals surface area contributed by atoms with Gasteiger partial charge in [0.15, 0.2) is 12.6 Å². The quantitative estimate of drug-likeness (QED) is 0.0282. The second-order valence-corrected chi connectivity index (χ2v) is 19.1. The van der Waals surface area contributed by atoms with Gasteiger partial charge in [-0.2, -0.15) is 0 Å². The third kappa shape index (κ3) is 25.4. The molecule has 64 heavy (non-hydrogen) atoms. The fraction of sp³-hybridized carbons (Fsp3) is 0.980. The standard InChI is InChI=1S/C50H97NO13/c1-3-4-5-6-7-8-9-10-11-12-13-14-15-16-17-18-19-20-21-22-23-24-25-26-27-28-29-30-31-32-33-34-40(55)39(51-38(2)54)37-61-49-47(60)45(58)48(42(36-53)63-49)64-50-46(59)44(57)43(56)41(35-52)62-50/h39-50,52-53,55-60H,3-37H2,1-2H3,(H,51,54). The van der Waals surface area contributed by atoms with E-state index < -0.39 is 86.8 Å². The molecule has 2 heterocycles. The van der Waals surface area contributed by atoms with Gasteiger partial charge in [-0.15, -0.1) is 0 Å². The van der Waals surface area contributed by atoms with Crippen LogP contribution in [0.4, 0.5) is 0 Å². The van der Waals surface area contributed by atoms with Crippen molar-refractivity contribution < 1.29 is 64.6 Å². The molecule has 0 saturated carbocycles. The largest absolute Gasteiger partial charge is 0.394 e. The second kappa shape index (κ2) is 37.9. The number of carbonyl (C=O) groups excluding carboxylic acids is 1. The maximum Gasteiger partial charge on any atom is 0.217 e. The van der Waals surface area contributed by atoms with Gasteiger partial charge in [0.1, 0.15) is 48.8 Å². The molecule has 2 saturated heterocycles.